The molecular formula is C45H70N7O18P3S. The van der Waals surface area contributed by atoms with E-state index in [-0.39, 0.29) is 53.8 Å². The van der Waals surface area contributed by atoms with Gasteiger partial charge in [-0.15, -0.1) is 0 Å². The Morgan fingerprint density at radius 3 is 2.03 bits per heavy atom. The van der Waals surface area contributed by atoms with Crippen molar-refractivity contribution >= 4 is 69.1 Å². The van der Waals surface area contributed by atoms with E-state index in [0.717, 1.165) is 67.5 Å². The number of amides is 2. The number of nitrogens with zero attached hydrogens (tertiary/aromatic N) is 4. The number of phosphoric acid groups is 3. The average Bonchev–Trinajstić information content (AvgIpc) is 3.89. The third-order valence-corrected chi connectivity index (χ3v) is 14.4. The molecule has 414 valence electrons. The fraction of sp³-hybridized carbons (Fsp3) is 0.556. The highest BCUT2D eigenvalue weighted by molar-refractivity contribution is 8.13. The lowest BCUT2D eigenvalue weighted by Gasteiger charge is -2.30. The third-order valence-electron chi connectivity index (χ3n) is 10.4. The van der Waals surface area contributed by atoms with E-state index in [1.54, 1.807) is 0 Å². The Balaban J connectivity index is 1.28. The summed E-state index contributed by atoms with van der Waals surface area (Å²) in [5, 5.41) is 36.6. The number of carbonyl (C=O) groups excluding carboxylic acids is 3. The number of nitrogens with one attached hydrogen (secondary N) is 2. The van der Waals surface area contributed by atoms with Gasteiger partial charge in [0.05, 0.1) is 25.6 Å². The Morgan fingerprint density at radius 2 is 1.43 bits per heavy atom. The first-order chi connectivity index (χ1) is 34.9. The smallest absolute Gasteiger partial charge is 0.393 e. The minimum Gasteiger partial charge on any atom is -0.393 e. The van der Waals surface area contributed by atoms with Gasteiger partial charge in [-0.3, -0.25) is 32.5 Å². The van der Waals surface area contributed by atoms with Crippen molar-refractivity contribution in [2.45, 2.75) is 122 Å². The van der Waals surface area contributed by atoms with Gasteiger partial charge in [-0.25, -0.2) is 28.6 Å². The van der Waals surface area contributed by atoms with Crippen LogP contribution in [-0.2, 0) is 50.7 Å². The van der Waals surface area contributed by atoms with Crippen LogP contribution in [0.1, 0.15) is 91.2 Å². The molecule has 1 aliphatic rings. The van der Waals surface area contributed by atoms with Crippen LogP contribution in [0.3, 0.4) is 0 Å². The highest BCUT2D eigenvalue weighted by Crippen LogP contribution is 2.61. The lowest BCUT2D eigenvalue weighted by Crippen LogP contribution is -2.46. The monoisotopic (exact) mass is 1120 g/mol. The molecule has 29 heteroatoms. The van der Waals surface area contributed by atoms with Gasteiger partial charge in [-0.1, -0.05) is 105 Å². The van der Waals surface area contributed by atoms with Crippen LogP contribution in [0.15, 0.2) is 85.6 Å². The molecule has 0 aromatic carbocycles. The number of imidazole rings is 1. The van der Waals surface area contributed by atoms with Gasteiger partial charge < -0.3 is 56.0 Å². The molecule has 2 amide bonds. The zero-order valence-electron chi connectivity index (χ0n) is 41.4. The molecule has 0 radical (unpaired) electrons. The van der Waals surface area contributed by atoms with Gasteiger partial charge in [0.2, 0.25) is 11.8 Å². The van der Waals surface area contributed by atoms with Crippen molar-refractivity contribution in [1.29, 1.82) is 0 Å². The number of allylic oxidation sites excluding steroid dienone is 12. The first-order valence-corrected chi connectivity index (χ1v) is 29.1. The summed E-state index contributed by atoms with van der Waals surface area (Å²) in [5.74, 6) is -1.28. The first-order valence-electron chi connectivity index (χ1n) is 23.6. The van der Waals surface area contributed by atoms with Crippen molar-refractivity contribution in [2.75, 3.05) is 37.8 Å². The van der Waals surface area contributed by atoms with E-state index in [1.807, 2.05) is 12.2 Å². The summed E-state index contributed by atoms with van der Waals surface area (Å²) >= 11 is 0.964. The number of aromatic nitrogens is 4. The third kappa shape index (κ3) is 24.7. The van der Waals surface area contributed by atoms with Crippen LogP contribution in [0.4, 0.5) is 5.82 Å². The van der Waals surface area contributed by atoms with Crippen LogP contribution < -0.4 is 16.4 Å². The standard InChI is InChI=1S/C45H70N7O18P3S/c1-4-5-6-7-8-9-10-11-12-13-14-15-16-17-18-19-20-21-22-23-33(53)28-36(55)74-27-26-47-35(54)24-25-48-43(58)40(57)45(2,3)30-67-73(64,65)70-72(62,63)66-29-34-39(69-71(59,60)61)38(56)44(68-34)52-32-51-37-41(46)49-31-50-42(37)52/h5-6,8-9,11-12,14-15,17-18,20-21,31-34,38-40,44,53,56-57H,4,7,10,13,16,19,22-30H2,1-3H3,(H,47,54)(H,48,58)(H,62,63)(H,64,65)(H2,46,49,50)(H2,59,60,61)/b6-5-,9-8-,12-11-,15-14-,18-17-,21-20-/t33-,34+,38+,39+,40-,44+/m0/s1. The second-order valence-electron chi connectivity index (χ2n) is 17.1. The maximum atomic E-state index is 12.8. The van der Waals surface area contributed by atoms with Crippen molar-refractivity contribution < 1.29 is 85.6 Å². The number of carbonyl (C=O) groups is 3. The molecule has 2 unspecified atom stereocenters. The van der Waals surface area contributed by atoms with Gasteiger partial charge in [-0.05, 0) is 51.4 Å². The fourth-order valence-corrected chi connectivity index (χ4v) is 10.1. The molecule has 2 aromatic rings. The highest BCUT2D eigenvalue weighted by atomic mass is 32.2. The van der Waals surface area contributed by atoms with E-state index in [1.165, 1.54) is 13.8 Å². The minimum absolute atomic E-state index is 0.0242. The lowest BCUT2D eigenvalue weighted by molar-refractivity contribution is -0.137. The topological polar surface area (TPSA) is 384 Å². The molecule has 1 aliphatic heterocycles. The highest BCUT2D eigenvalue weighted by Gasteiger charge is 2.50. The lowest BCUT2D eigenvalue weighted by atomic mass is 9.87. The van der Waals surface area contributed by atoms with Crippen LogP contribution >= 0.6 is 35.2 Å². The Bertz CT molecular complexity index is 2430. The molecule has 3 heterocycles. The predicted octanol–water partition coefficient (Wildman–Crippen LogP) is 4.89. The summed E-state index contributed by atoms with van der Waals surface area (Å²) in [6.45, 7) is 2.45. The number of aliphatic hydroxyl groups is 3. The molecule has 0 spiro atoms. The van der Waals surface area contributed by atoms with E-state index in [0.29, 0.717) is 12.8 Å². The number of phosphoric ester groups is 3. The molecule has 0 saturated carbocycles. The van der Waals surface area contributed by atoms with Gasteiger partial charge in [0.25, 0.3) is 0 Å². The number of nitrogens with two attached hydrogens (primary N) is 1. The normalized spacial score (nSPS) is 20.4. The van der Waals surface area contributed by atoms with Crippen molar-refractivity contribution in [1.82, 2.24) is 30.2 Å². The van der Waals surface area contributed by atoms with E-state index in [4.69, 9.17) is 19.5 Å². The molecule has 74 heavy (non-hydrogen) atoms. The van der Waals surface area contributed by atoms with Crippen LogP contribution in [0, 0.1) is 5.41 Å². The van der Waals surface area contributed by atoms with Gasteiger partial charge in [0, 0.05) is 37.1 Å². The number of aliphatic hydroxyl groups excluding tert-OH is 3. The zero-order chi connectivity index (χ0) is 54.8. The van der Waals surface area contributed by atoms with Crippen molar-refractivity contribution in [3.05, 3.63) is 85.6 Å². The summed E-state index contributed by atoms with van der Waals surface area (Å²) in [5.41, 5.74) is 4.24. The Kier molecular flexibility index (Phi) is 28.2. The van der Waals surface area contributed by atoms with Crippen molar-refractivity contribution in [3.8, 4) is 0 Å². The van der Waals surface area contributed by atoms with E-state index < -0.39 is 90.7 Å². The van der Waals surface area contributed by atoms with Gasteiger partial charge >= 0.3 is 23.5 Å². The Hall–Kier alpha value is -4.04. The van der Waals surface area contributed by atoms with Crippen LogP contribution in [0.2, 0.25) is 0 Å². The molecular weight excluding hydrogens is 1050 g/mol. The van der Waals surface area contributed by atoms with Crippen LogP contribution in [0.25, 0.3) is 11.2 Å². The SMILES string of the molecule is CC/C=C\C/C=C\C/C=C\C/C=C\C/C=C\C/C=C\CC[C@H](O)CC(=O)SCCNC(=O)CCNC(=O)[C@H](O)C(C)(C)COP(=O)(O)OP(=O)(O)OC[C@H]1O[C@@H](n2cnc3c(N)ncnc32)[C@H](O)[C@@H]1OP(=O)(O)O. The van der Waals surface area contributed by atoms with Gasteiger partial charge in [-0.2, -0.15) is 4.31 Å². The maximum Gasteiger partial charge on any atom is 0.481 e. The van der Waals surface area contributed by atoms with E-state index in [9.17, 15) is 63.0 Å². The van der Waals surface area contributed by atoms with E-state index >= 15 is 0 Å². The number of hydrogen-bond acceptors (Lipinski definition) is 19. The first kappa shape index (κ1) is 64.2. The molecule has 11 N–H and O–H groups in total. The molecule has 0 aliphatic carbocycles. The number of rotatable bonds is 35. The summed E-state index contributed by atoms with van der Waals surface area (Å²) in [6.07, 6.45) is 24.0. The van der Waals surface area contributed by atoms with Crippen LogP contribution in [-0.4, -0.2) is 134 Å². The Morgan fingerprint density at radius 1 is 0.851 bits per heavy atom. The number of nitrogen functional groups attached to an aromatic ring is 1. The summed E-state index contributed by atoms with van der Waals surface area (Å²) in [4.78, 5) is 88.5. The van der Waals surface area contributed by atoms with E-state index in [2.05, 4.69) is 102 Å². The number of fused-ring (bicyclic) bond motifs is 1. The summed E-state index contributed by atoms with van der Waals surface area (Å²) in [6, 6.07) is 0. The molecule has 1 fully saturated rings. The van der Waals surface area contributed by atoms with Crippen molar-refractivity contribution in [2.24, 2.45) is 5.41 Å². The molecule has 0 bridgehead atoms. The molecule has 8 atom stereocenters. The molecule has 25 nitrogen and oxygen atoms in total. The van der Waals surface area contributed by atoms with Crippen molar-refractivity contribution in [3.63, 3.8) is 0 Å². The minimum atomic E-state index is -5.60. The molecule has 2 aromatic heterocycles. The second-order valence-corrected chi connectivity index (χ2v) is 22.5. The molecule has 1 saturated heterocycles. The maximum absolute atomic E-state index is 12.8. The Labute approximate surface area is 433 Å². The predicted molar refractivity (Wildman–Crippen MR) is 275 cm³/mol. The van der Waals surface area contributed by atoms with Gasteiger partial charge in [0.15, 0.2) is 22.8 Å². The van der Waals surface area contributed by atoms with Crippen LogP contribution in [0.5, 0.6) is 0 Å². The summed E-state index contributed by atoms with van der Waals surface area (Å²) in [7, 11) is -16.5. The van der Waals surface area contributed by atoms with Gasteiger partial charge in [0.1, 0.15) is 36.3 Å². The molecule has 3 rings (SSSR count). The number of anilines is 1. The summed E-state index contributed by atoms with van der Waals surface area (Å²) < 4.78 is 62.5. The second kappa shape index (κ2) is 32.5. The average molecular weight is 1120 g/mol. The largest absolute Gasteiger partial charge is 0.481 e. The fourth-order valence-electron chi connectivity index (χ4n) is 6.58. The quantitative estimate of drug-likeness (QED) is 0.0249. The number of thioether (sulfide) groups is 1. The number of ether oxygens (including phenoxy) is 1. The number of hydrogen-bond donors (Lipinski definition) is 10. The zero-order valence-corrected chi connectivity index (χ0v) is 44.9.